The number of aryl methyl sites for hydroxylation is 1. The van der Waals surface area contributed by atoms with E-state index in [1.54, 1.807) is 11.8 Å². The Morgan fingerprint density at radius 3 is 2.91 bits per heavy atom. The van der Waals surface area contributed by atoms with Gasteiger partial charge in [-0.25, -0.2) is 0 Å². The molecule has 2 aromatic rings. The number of para-hydroxylation sites is 1. The molecule has 0 fully saturated rings. The first kappa shape index (κ1) is 15.0. The van der Waals surface area contributed by atoms with Gasteiger partial charge in [0.25, 0.3) is 0 Å². The molecule has 6 heteroatoms. The summed E-state index contributed by atoms with van der Waals surface area (Å²) >= 11 is 1.62. The Bertz CT molecular complexity index is 698. The van der Waals surface area contributed by atoms with Crippen LogP contribution >= 0.6 is 11.8 Å². The molecule has 2 N–H and O–H groups in total. The van der Waals surface area contributed by atoms with E-state index in [-0.39, 0.29) is 16.4 Å². The second-order valence-electron chi connectivity index (χ2n) is 5.23. The quantitative estimate of drug-likeness (QED) is 0.911. The molecule has 3 rings (SSSR count). The molecule has 2 atom stereocenters. The predicted molar refractivity (Wildman–Crippen MR) is 88.5 cm³/mol. The van der Waals surface area contributed by atoms with Crippen LogP contribution in [0.25, 0.3) is 0 Å². The lowest BCUT2D eigenvalue weighted by molar-refractivity contribution is -0.115. The topological polar surface area (TPSA) is 67.0 Å². The van der Waals surface area contributed by atoms with Crippen molar-refractivity contribution in [1.82, 2.24) is 10.2 Å². The van der Waals surface area contributed by atoms with Crippen molar-refractivity contribution in [3.8, 4) is 5.75 Å². The third-order valence-corrected chi connectivity index (χ3v) is 5.09. The molecule has 0 radical (unpaired) electrons. The molecule has 116 valence electrons. The maximum atomic E-state index is 12.2. The maximum Gasteiger partial charge on any atom is 0.238 e. The summed E-state index contributed by atoms with van der Waals surface area (Å²) in [6.07, 6.45) is 0. The van der Waals surface area contributed by atoms with E-state index in [0.717, 1.165) is 22.6 Å². The number of carbonyl (C=O) groups excluding carboxylic acids is 1. The first-order chi connectivity index (χ1) is 10.6. The summed E-state index contributed by atoms with van der Waals surface area (Å²) in [4.78, 5) is 12.2. The van der Waals surface area contributed by atoms with Crippen LogP contribution < -0.4 is 10.1 Å². The molecule has 0 saturated heterocycles. The zero-order valence-corrected chi connectivity index (χ0v) is 13.7. The minimum Gasteiger partial charge on any atom is -0.494 e. The molecule has 5 nitrogen and oxygen atoms in total. The summed E-state index contributed by atoms with van der Waals surface area (Å²) in [6.45, 7) is 6.48. The van der Waals surface area contributed by atoms with Gasteiger partial charge in [0.15, 0.2) is 5.82 Å². The van der Waals surface area contributed by atoms with Gasteiger partial charge in [-0.2, -0.15) is 5.10 Å². The number of carbonyl (C=O) groups is 1. The lowest BCUT2D eigenvalue weighted by Gasteiger charge is -2.20. The number of nitrogens with one attached hydrogen (secondary N) is 2. The fourth-order valence-electron chi connectivity index (χ4n) is 2.62. The molecule has 2 heterocycles. The van der Waals surface area contributed by atoms with Gasteiger partial charge >= 0.3 is 0 Å². The highest BCUT2D eigenvalue weighted by molar-refractivity contribution is 8.01. The summed E-state index contributed by atoms with van der Waals surface area (Å²) in [7, 11) is 0. The van der Waals surface area contributed by atoms with Gasteiger partial charge in [0.05, 0.1) is 17.1 Å². The lowest BCUT2D eigenvalue weighted by atomic mass is 10.0. The number of anilines is 1. The highest BCUT2D eigenvalue weighted by atomic mass is 32.2. The van der Waals surface area contributed by atoms with E-state index in [9.17, 15) is 4.79 Å². The third-order valence-electron chi connectivity index (χ3n) is 3.71. The van der Waals surface area contributed by atoms with E-state index in [4.69, 9.17) is 4.74 Å². The predicted octanol–water partition coefficient (Wildman–Crippen LogP) is 3.28. The molecular weight excluding hydrogens is 298 g/mol. The van der Waals surface area contributed by atoms with Gasteiger partial charge in [-0.15, -0.1) is 11.8 Å². The van der Waals surface area contributed by atoms with Gasteiger partial charge in [-0.1, -0.05) is 18.2 Å². The third kappa shape index (κ3) is 2.59. The number of aromatic nitrogens is 2. The molecule has 1 aliphatic rings. The van der Waals surface area contributed by atoms with Crippen molar-refractivity contribution in [1.29, 1.82) is 0 Å². The molecule has 0 spiro atoms. The number of hydrogen-bond acceptors (Lipinski definition) is 4. The minimum atomic E-state index is -0.159. The molecule has 0 saturated carbocycles. The smallest absolute Gasteiger partial charge is 0.238 e. The van der Waals surface area contributed by atoms with Gasteiger partial charge < -0.3 is 10.1 Å². The van der Waals surface area contributed by atoms with Crippen LogP contribution in [0.2, 0.25) is 0 Å². The number of H-pyrrole nitrogens is 1. The summed E-state index contributed by atoms with van der Waals surface area (Å²) in [5.41, 5.74) is 3.06. The standard InChI is InChI=1S/C16H19N3O2S/c1-4-21-12-8-6-5-7-11(12)14-13-9(2)18-19-15(13)17-16(20)10(3)22-14/h5-8,10,14H,4H2,1-3H3,(H2,17,18,19,20). The first-order valence-electron chi connectivity index (χ1n) is 7.34. The first-order valence-corrected chi connectivity index (χ1v) is 8.29. The molecule has 1 aromatic carbocycles. The van der Waals surface area contributed by atoms with E-state index in [0.29, 0.717) is 12.4 Å². The van der Waals surface area contributed by atoms with Crippen molar-refractivity contribution >= 4 is 23.5 Å². The molecule has 0 aliphatic carbocycles. The second kappa shape index (κ2) is 6.04. The van der Waals surface area contributed by atoms with Crippen molar-refractivity contribution in [3.63, 3.8) is 0 Å². The van der Waals surface area contributed by atoms with E-state index < -0.39 is 0 Å². The number of fused-ring (bicyclic) bond motifs is 1. The van der Waals surface area contributed by atoms with E-state index in [1.807, 2.05) is 39.0 Å². The van der Waals surface area contributed by atoms with E-state index in [1.165, 1.54) is 0 Å². The highest BCUT2D eigenvalue weighted by Crippen LogP contribution is 2.47. The fourth-order valence-corrected chi connectivity index (χ4v) is 3.98. The Morgan fingerprint density at radius 2 is 2.14 bits per heavy atom. The van der Waals surface area contributed by atoms with Crippen LogP contribution in [-0.4, -0.2) is 28.0 Å². The lowest BCUT2D eigenvalue weighted by Crippen LogP contribution is -2.21. The summed E-state index contributed by atoms with van der Waals surface area (Å²) < 4.78 is 5.78. The van der Waals surface area contributed by atoms with Crippen LogP contribution in [-0.2, 0) is 4.79 Å². The summed E-state index contributed by atoms with van der Waals surface area (Å²) in [6, 6.07) is 7.99. The van der Waals surface area contributed by atoms with Gasteiger partial charge in [-0.3, -0.25) is 9.89 Å². The molecule has 2 unspecified atom stereocenters. The van der Waals surface area contributed by atoms with Crippen LogP contribution in [0.1, 0.15) is 35.9 Å². The Labute approximate surface area is 133 Å². The Kier molecular flexibility index (Phi) is 4.11. The Morgan fingerprint density at radius 1 is 1.36 bits per heavy atom. The monoisotopic (exact) mass is 317 g/mol. The SMILES string of the molecule is CCOc1ccccc1C1SC(C)C(=O)Nc2n[nH]c(C)c21. The molecule has 22 heavy (non-hydrogen) atoms. The summed E-state index contributed by atoms with van der Waals surface area (Å²) in [5.74, 6) is 1.46. The molecular formula is C16H19N3O2S. The largest absolute Gasteiger partial charge is 0.494 e. The van der Waals surface area contributed by atoms with Gasteiger partial charge in [0.1, 0.15) is 5.75 Å². The van der Waals surface area contributed by atoms with Gasteiger partial charge in [0, 0.05) is 16.8 Å². The van der Waals surface area contributed by atoms with Crippen molar-refractivity contribution in [2.45, 2.75) is 31.3 Å². The molecule has 1 amide bonds. The molecule has 1 aromatic heterocycles. The van der Waals surface area contributed by atoms with Crippen LogP contribution in [0.5, 0.6) is 5.75 Å². The van der Waals surface area contributed by atoms with E-state index >= 15 is 0 Å². The number of hydrogen-bond donors (Lipinski definition) is 2. The van der Waals surface area contributed by atoms with Gasteiger partial charge in [0.2, 0.25) is 5.91 Å². The number of rotatable bonds is 3. The fraction of sp³-hybridized carbons (Fsp3) is 0.375. The molecule has 1 aliphatic heterocycles. The van der Waals surface area contributed by atoms with Crippen LogP contribution in [0, 0.1) is 6.92 Å². The number of benzene rings is 1. The highest BCUT2D eigenvalue weighted by Gasteiger charge is 2.33. The van der Waals surface area contributed by atoms with Crippen molar-refractivity contribution in [2.24, 2.45) is 0 Å². The Balaban J connectivity index is 2.12. The molecule has 0 bridgehead atoms. The normalized spacial score (nSPS) is 21.0. The van der Waals surface area contributed by atoms with Crippen molar-refractivity contribution in [3.05, 3.63) is 41.1 Å². The number of nitrogens with zero attached hydrogens (tertiary/aromatic N) is 1. The number of aromatic amines is 1. The minimum absolute atomic E-state index is 0.00505. The van der Waals surface area contributed by atoms with Crippen LogP contribution in [0.3, 0.4) is 0 Å². The van der Waals surface area contributed by atoms with Crippen LogP contribution in [0.15, 0.2) is 24.3 Å². The second-order valence-corrected chi connectivity index (χ2v) is 6.68. The van der Waals surface area contributed by atoms with Crippen LogP contribution in [0.4, 0.5) is 5.82 Å². The van der Waals surface area contributed by atoms with Gasteiger partial charge in [-0.05, 0) is 26.8 Å². The van der Waals surface area contributed by atoms with E-state index in [2.05, 4.69) is 21.6 Å². The Hall–Kier alpha value is -1.95. The zero-order chi connectivity index (χ0) is 15.7. The average molecular weight is 317 g/mol. The summed E-state index contributed by atoms with van der Waals surface area (Å²) in [5, 5.41) is 9.96. The zero-order valence-electron chi connectivity index (χ0n) is 12.8. The van der Waals surface area contributed by atoms with Crippen molar-refractivity contribution in [2.75, 3.05) is 11.9 Å². The maximum absolute atomic E-state index is 12.2. The number of ether oxygens (including phenoxy) is 1. The number of amides is 1. The van der Waals surface area contributed by atoms with Crippen molar-refractivity contribution < 1.29 is 9.53 Å². The number of thioether (sulfide) groups is 1. The average Bonchev–Trinajstić information content (AvgIpc) is 2.80.